The number of carboxylic acids is 1. The van der Waals surface area contributed by atoms with Crippen LogP contribution in [0.5, 0.6) is 11.5 Å². The van der Waals surface area contributed by atoms with Crippen LogP contribution in [0.2, 0.25) is 0 Å². The lowest BCUT2D eigenvalue weighted by atomic mass is 10.1. The summed E-state index contributed by atoms with van der Waals surface area (Å²) in [5, 5.41) is 16.6. The van der Waals surface area contributed by atoms with Crippen molar-refractivity contribution in [1.82, 2.24) is 10.7 Å². The van der Waals surface area contributed by atoms with Gasteiger partial charge in [0.1, 0.15) is 4.88 Å². The van der Waals surface area contributed by atoms with Crippen molar-refractivity contribution in [2.45, 2.75) is 13.3 Å². The molecule has 0 fully saturated rings. The Balaban J connectivity index is 1.82. The minimum Gasteiger partial charge on any atom is -0.493 e. The van der Waals surface area contributed by atoms with Gasteiger partial charge in [0.15, 0.2) is 16.6 Å². The Kier molecular flexibility index (Phi) is 7.56. The Morgan fingerprint density at radius 3 is 2.52 bits per heavy atom. The summed E-state index contributed by atoms with van der Waals surface area (Å²) in [6.07, 6.45) is 0.748. The number of thiophene rings is 1. The van der Waals surface area contributed by atoms with Gasteiger partial charge < -0.3 is 19.9 Å². The molecule has 0 unspecified atom stereocenters. The molecule has 0 aliphatic rings. The molecule has 1 aromatic carbocycles. The number of carboxylic acid groups (broad SMARTS) is 1. The fourth-order valence-electron chi connectivity index (χ4n) is 2.23. The monoisotopic (exact) mass is 407 g/mol. The van der Waals surface area contributed by atoms with E-state index < -0.39 is 5.97 Å². The van der Waals surface area contributed by atoms with Crippen LogP contribution in [0.25, 0.3) is 0 Å². The van der Waals surface area contributed by atoms with Gasteiger partial charge in [-0.25, -0.2) is 4.79 Å². The lowest BCUT2D eigenvalue weighted by Gasteiger charge is -2.11. The van der Waals surface area contributed by atoms with Gasteiger partial charge in [-0.15, -0.1) is 11.3 Å². The number of methoxy groups -OCH3 is 2. The summed E-state index contributed by atoms with van der Waals surface area (Å²) in [7, 11) is 3.20. The van der Waals surface area contributed by atoms with Gasteiger partial charge >= 0.3 is 5.97 Å². The number of hydrogen-bond acceptors (Lipinski definition) is 6. The van der Waals surface area contributed by atoms with E-state index in [1.807, 2.05) is 18.2 Å². The van der Waals surface area contributed by atoms with Crippen LogP contribution in [-0.4, -0.2) is 42.7 Å². The first kappa shape index (κ1) is 20.7. The van der Waals surface area contributed by atoms with Crippen LogP contribution in [-0.2, 0) is 6.42 Å². The fourth-order valence-corrected chi connectivity index (χ4v) is 3.17. The van der Waals surface area contributed by atoms with E-state index in [9.17, 15) is 4.79 Å². The summed E-state index contributed by atoms with van der Waals surface area (Å²) in [6.45, 7) is 2.41. The average molecular weight is 408 g/mol. The van der Waals surface area contributed by atoms with Gasteiger partial charge in [0.05, 0.1) is 24.8 Å². The van der Waals surface area contributed by atoms with Crippen LogP contribution in [0, 0.1) is 0 Å². The van der Waals surface area contributed by atoms with Crippen molar-refractivity contribution in [3.63, 3.8) is 0 Å². The zero-order chi connectivity index (χ0) is 19.8. The number of nitrogens with zero attached hydrogens (tertiary/aromatic N) is 1. The maximum Gasteiger partial charge on any atom is 0.345 e. The van der Waals surface area contributed by atoms with E-state index >= 15 is 0 Å². The molecule has 0 saturated heterocycles. The third-order valence-corrected chi connectivity index (χ3v) is 5.06. The molecule has 27 heavy (non-hydrogen) atoms. The van der Waals surface area contributed by atoms with Crippen molar-refractivity contribution >= 4 is 40.3 Å². The Bertz CT molecular complexity index is 849. The quantitative estimate of drug-likeness (QED) is 0.352. The first-order chi connectivity index (χ1) is 12.9. The molecule has 2 aromatic rings. The predicted octanol–water partition coefficient (Wildman–Crippen LogP) is 2.89. The van der Waals surface area contributed by atoms with Gasteiger partial charge in [-0.05, 0) is 55.4 Å². The van der Waals surface area contributed by atoms with E-state index in [1.54, 1.807) is 33.3 Å². The number of rotatable bonds is 8. The summed E-state index contributed by atoms with van der Waals surface area (Å²) < 4.78 is 10.5. The van der Waals surface area contributed by atoms with E-state index in [1.165, 1.54) is 11.3 Å². The number of hydrazone groups is 1. The Morgan fingerprint density at radius 2 is 1.89 bits per heavy atom. The molecular weight excluding hydrogens is 386 g/mol. The highest BCUT2D eigenvalue weighted by Crippen LogP contribution is 2.27. The standard InChI is InChI=1S/C18H21N3O4S2/c1-11(15-6-7-16(27-15)17(22)23)20-21-18(26)19-9-8-12-4-5-13(24-2)14(10-12)25-3/h4-7,10H,8-9H2,1-3H3,(H,22,23)(H2,19,21,26)/b20-11-. The van der Waals surface area contributed by atoms with Gasteiger partial charge in [-0.2, -0.15) is 5.10 Å². The molecule has 0 aliphatic carbocycles. The zero-order valence-electron chi connectivity index (χ0n) is 15.2. The molecule has 0 atom stereocenters. The molecule has 1 heterocycles. The third-order valence-electron chi connectivity index (χ3n) is 3.65. The topological polar surface area (TPSA) is 92.2 Å². The molecule has 7 nitrogen and oxygen atoms in total. The molecule has 1 aromatic heterocycles. The Labute approximate surface area is 167 Å². The second kappa shape index (κ2) is 9.89. The lowest BCUT2D eigenvalue weighted by molar-refractivity contribution is 0.0702. The number of hydrogen-bond donors (Lipinski definition) is 3. The largest absolute Gasteiger partial charge is 0.493 e. The maximum absolute atomic E-state index is 10.9. The number of aromatic carboxylic acids is 1. The predicted molar refractivity (Wildman–Crippen MR) is 110 cm³/mol. The van der Waals surface area contributed by atoms with Crippen molar-refractivity contribution in [2.24, 2.45) is 5.10 Å². The van der Waals surface area contributed by atoms with Gasteiger partial charge in [0, 0.05) is 6.54 Å². The van der Waals surface area contributed by atoms with Crippen molar-refractivity contribution < 1.29 is 19.4 Å². The molecule has 0 spiro atoms. The maximum atomic E-state index is 10.9. The minimum absolute atomic E-state index is 0.273. The second-order valence-electron chi connectivity index (χ2n) is 5.47. The summed E-state index contributed by atoms with van der Waals surface area (Å²) in [5.74, 6) is 0.433. The highest BCUT2D eigenvalue weighted by atomic mass is 32.1. The van der Waals surface area contributed by atoms with Gasteiger partial charge in [-0.3, -0.25) is 5.43 Å². The summed E-state index contributed by atoms with van der Waals surface area (Å²) in [6, 6.07) is 9.04. The highest BCUT2D eigenvalue weighted by Gasteiger charge is 2.09. The number of thiocarbonyl (C=S) groups is 1. The molecule has 0 radical (unpaired) electrons. The molecule has 144 valence electrons. The minimum atomic E-state index is -0.945. The van der Waals surface area contributed by atoms with Gasteiger partial charge in [0.2, 0.25) is 0 Å². The Morgan fingerprint density at radius 1 is 1.19 bits per heavy atom. The van der Waals surface area contributed by atoms with Crippen molar-refractivity contribution in [1.29, 1.82) is 0 Å². The van der Waals surface area contributed by atoms with Crippen LogP contribution in [0.3, 0.4) is 0 Å². The number of benzene rings is 1. The van der Waals surface area contributed by atoms with E-state index in [0.29, 0.717) is 28.9 Å². The molecule has 9 heteroatoms. The molecule has 0 bridgehead atoms. The Hall–Kier alpha value is -2.65. The first-order valence-electron chi connectivity index (χ1n) is 8.07. The van der Waals surface area contributed by atoms with Crippen molar-refractivity contribution in [2.75, 3.05) is 20.8 Å². The number of carbonyl (C=O) groups is 1. The van der Waals surface area contributed by atoms with E-state index in [2.05, 4.69) is 15.8 Å². The highest BCUT2D eigenvalue weighted by molar-refractivity contribution is 7.80. The molecule has 0 amide bonds. The number of ether oxygens (including phenoxy) is 2. The summed E-state index contributed by atoms with van der Waals surface area (Å²) >= 11 is 6.37. The smallest absolute Gasteiger partial charge is 0.345 e. The van der Waals surface area contributed by atoms with Crippen LogP contribution in [0.15, 0.2) is 35.4 Å². The molecule has 0 saturated carbocycles. The molecule has 0 aliphatic heterocycles. The first-order valence-corrected chi connectivity index (χ1v) is 9.29. The van der Waals surface area contributed by atoms with Gasteiger partial charge in [0.25, 0.3) is 0 Å². The van der Waals surface area contributed by atoms with E-state index in [0.717, 1.165) is 16.9 Å². The van der Waals surface area contributed by atoms with Crippen LogP contribution >= 0.6 is 23.6 Å². The second-order valence-corrected chi connectivity index (χ2v) is 6.97. The third kappa shape index (κ3) is 5.93. The molecule has 2 rings (SSSR count). The van der Waals surface area contributed by atoms with Crippen molar-refractivity contribution in [3.8, 4) is 11.5 Å². The number of nitrogens with one attached hydrogen (secondary N) is 2. The SMILES string of the molecule is COc1ccc(CCNC(=S)N/N=C(/C)c2ccc(C(=O)O)s2)cc1OC. The molecular formula is C18H21N3O4S2. The van der Waals surface area contributed by atoms with Crippen LogP contribution < -0.4 is 20.2 Å². The van der Waals surface area contributed by atoms with Crippen molar-refractivity contribution in [3.05, 3.63) is 45.6 Å². The summed E-state index contributed by atoms with van der Waals surface area (Å²) in [4.78, 5) is 12.0. The molecule has 3 N–H and O–H groups in total. The lowest BCUT2D eigenvalue weighted by Crippen LogP contribution is -2.33. The average Bonchev–Trinajstić information content (AvgIpc) is 3.16. The van der Waals surface area contributed by atoms with E-state index in [-0.39, 0.29) is 4.88 Å². The van der Waals surface area contributed by atoms with E-state index in [4.69, 9.17) is 26.8 Å². The fraction of sp³-hybridized carbons (Fsp3) is 0.278. The summed E-state index contributed by atoms with van der Waals surface area (Å²) in [5.41, 5.74) is 4.52. The van der Waals surface area contributed by atoms with Gasteiger partial charge in [-0.1, -0.05) is 6.07 Å². The normalized spacial score (nSPS) is 11.0. The van der Waals surface area contributed by atoms with Crippen LogP contribution in [0.4, 0.5) is 0 Å². The zero-order valence-corrected chi connectivity index (χ0v) is 16.9. The van der Waals surface area contributed by atoms with Crippen LogP contribution in [0.1, 0.15) is 27.0 Å².